The molecule has 0 fully saturated rings. The van der Waals surface area contributed by atoms with Gasteiger partial charge in [-0.05, 0) is 31.2 Å². The molecule has 23 heavy (non-hydrogen) atoms. The van der Waals surface area contributed by atoms with Gasteiger partial charge in [0, 0.05) is 27.8 Å². The fourth-order valence-electron chi connectivity index (χ4n) is 3.05. The smallest absolute Gasteiger partial charge is 0.309 e. The lowest BCUT2D eigenvalue weighted by atomic mass is 10.0. The van der Waals surface area contributed by atoms with Gasteiger partial charge in [0.05, 0.1) is 13.0 Å². The average Bonchev–Trinajstić information content (AvgIpc) is 2.89. The Bertz CT molecular complexity index is 698. The molecule has 1 aromatic carbocycles. The van der Waals surface area contributed by atoms with Crippen molar-refractivity contribution < 1.29 is 14.1 Å². The number of nitrogens with zero attached hydrogens (tertiary/aromatic N) is 1. The first-order valence-corrected chi connectivity index (χ1v) is 9.15. The summed E-state index contributed by atoms with van der Waals surface area (Å²) in [5.41, 5.74) is 2.93. The predicted molar refractivity (Wildman–Crippen MR) is 91.6 cm³/mol. The van der Waals surface area contributed by atoms with Gasteiger partial charge in [-0.25, -0.2) is 0 Å². The van der Waals surface area contributed by atoms with Gasteiger partial charge in [-0.15, -0.1) is 0 Å². The topological polar surface area (TPSA) is 52.3 Å². The van der Waals surface area contributed by atoms with Crippen molar-refractivity contribution in [3.63, 3.8) is 0 Å². The Labute approximate surface area is 144 Å². The molecule has 0 amide bonds. The van der Waals surface area contributed by atoms with E-state index < -0.39 is 0 Å². The molecule has 1 heterocycles. The first kappa shape index (κ1) is 16.4. The van der Waals surface area contributed by atoms with Crippen LogP contribution in [0.3, 0.4) is 0 Å². The maximum absolute atomic E-state index is 11.9. The largest absolute Gasteiger partial charge is 0.469 e. The quantitative estimate of drug-likeness (QED) is 0.601. The molecule has 0 saturated heterocycles. The van der Waals surface area contributed by atoms with Gasteiger partial charge in [0.1, 0.15) is 11.5 Å². The van der Waals surface area contributed by atoms with Crippen LogP contribution in [0.2, 0.25) is 5.02 Å². The van der Waals surface area contributed by atoms with Crippen LogP contribution >= 0.6 is 23.4 Å². The summed E-state index contributed by atoms with van der Waals surface area (Å²) in [7, 11) is 1.43. The highest BCUT2D eigenvalue weighted by Crippen LogP contribution is 2.44. The number of halogens is 1. The lowest BCUT2D eigenvalue weighted by molar-refractivity contribution is -0.145. The van der Waals surface area contributed by atoms with Gasteiger partial charge < -0.3 is 9.26 Å². The van der Waals surface area contributed by atoms with Crippen molar-refractivity contribution in [2.24, 2.45) is 5.92 Å². The van der Waals surface area contributed by atoms with Crippen molar-refractivity contribution in [1.29, 1.82) is 0 Å². The second-order valence-electron chi connectivity index (χ2n) is 5.60. The van der Waals surface area contributed by atoms with Gasteiger partial charge in [-0.2, -0.15) is 11.8 Å². The van der Waals surface area contributed by atoms with Crippen LogP contribution in [0, 0.1) is 5.92 Å². The summed E-state index contributed by atoms with van der Waals surface area (Å²) in [5.74, 6) is 0.450. The van der Waals surface area contributed by atoms with Crippen molar-refractivity contribution in [1.82, 2.24) is 5.16 Å². The van der Waals surface area contributed by atoms with Crippen LogP contribution < -0.4 is 0 Å². The zero-order valence-electron chi connectivity index (χ0n) is 13.0. The van der Waals surface area contributed by atoms with Gasteiger partial charge >= 0.3 is 5.97 Å². The molecule has 4 nitrogen and oxygen atoms in total. The molecular weight excluding hydrogens is 334 g/mol. The van der Waals surface area contributed by atoms with E-state index in [1.807, 2.05) is 24.3 Å². The summed E-state index contributed by atoms with van der Waals surface area (Å²) in [4.78, 5) is 11.9. The van der Waals surface area contributed by atoms with E-state index >= 15 is 0 Å². The Morgan fingerprint density at radius 3 is 2.74 bits per heavy atom. The van der Waals surface area contributed by atoms with Crippen LogP contribution in [0.15, 0.2) is 28.8 Å². The normalized spacial score (nSPS) is 20.7. The number of hydrogen-bond acceptors (Lipinski definition) is 5. The van der Waals surface area contributed by atoms with Crippen LogP contribution in [-0.2, 0) is 16.0 Å². The van der Waals surface area contributed by atoms with Gasteiger partial charge in [0.25, 0.3) is 0 Å². The van der Waals surface area contributed by atoms with E-state index in [1.165, 1.54) is 7.11 Å². The number of carbonyl (C=O) groups excluding carboxylic acids is 1. The lowest BCUT2D eigenvalue weighted by Crippen LogP contribution is -2.17. The zero-order valence-corrected chi connectivity index (χ0v) is 14.6. The summed E-state index contributed by atoms with van der Waals surface area (Å²) in [5, 5.41) is 5.22. The molecule has 122 valence electrons. The molecule has 3 rings (SSSR count). The number of aromatic nitrogens is 1. The second kappa shape index (κ2) is 6.97. The maximum Gasteiger partial charge on any atom is 0.309 e. The monoisotopic (exact) mass is 351 g/mol. The highest BCUT2D eigenvalue weighted by Gasteiger charge is 2.33. The van der Waals surface area contributed by atoms with E-state index in [-0.39, 0.29) is 17.1 Å². The lowest BCUT2D eigenvalue weighted by Gasteiger charge is -2.13. The Morgan fingerprint density at radius 1 is 1.35 bits per heavy atom. The molecule has 0 radical (unpaired) electrons. The van der Waals surface area contributed by atoms with E-state index in [4.69, 9.17) is 20.9 Å². The third kappa shape index (κ3) is 3.26. The number of rotatable bonds is 3. The molecule has 0 saturated carbocycles. The minimum absolute atomic E-state index is 0.165. The van der Waals surface area contributed by atoms with Gasteiger partial charge in [0.15, 0.2) is 0 Å². The predicted octanol–water partition coefficient (Wildman–Crippen LogP) is 4.52. The summed E-state index contributed by atoms with van der Waals surface area (Å²) in [6.45, 7) is 0. The van der Waals surface area contributed by atoms with Crippen LogP contribution in [0.5, 0.6) is 0 Å². The van der Waals surface area contributed by atoms with E-state index in [2.05, 4.69) is 11.4 Å². The van der Waals surface area contributed by atoms with Gasteiger partial charge in [0.2, 0.25) is 0 Å². The standard InChI is InChI=1S/C17H18ClNO3S/c1-21-17(20)11-5-8-14(23-2)15-13(9-11)22-19-16(15)10-3-6-12(18)7-4-10/h3-4,6-7,11,14H,5,8-9H2,1-2H3/t11-,14-/m1/s1. The van der Waals surface area contributed by atoms with Crippen LogP contribution in [0.25, 0.3) is 11.3 Å². The number of hydrogen-bond donors (Lipinski definition) is 0. The molecule has 6 heteroatoms. The molecule has 0 spiro atoms. The third-order valence-corrected chi connectivity index (χ3v) is 5.56. The molecule has 0 aliphatic heterocycles. The number of thioether (sulfide) groups is 1. The molecule has 1 aliphatic carbocycles. The number of fused-ring (bicyclic) bond motifs is 1. The molecule has 0 unspecified atom stereocenters. The maximum atomic E-state index is 11.9. The first-order valence-electron chi connectivity index (χ1n) is 7.49. The Morgan fingerprint density at radius 2 is 2.09 bits per heavy atom. The van der Waals surface area contributed by atoms with E-state index in [0.29, 0.717) is 11.4 Å². The number of esters is 1. The van der Waals surface area contributed by atoms with E-state index in [0.717, 1.165) is 35.4 Å². The number of methoxy groups -OCH3 is 1. The molecule has 2 aromatic rings. The zero-order chi connectivity index (χ0) is 16.4. The third-order valence-electron chi connectivity index (χ3n) is 4.27. The summed E-state index contributed by atoms with van der Waals surface area (Å²) < 4.78 is 10.5. The minimum atomic E-state index is -0.179. The summed E-state index contributed by atoms with van der Waals surface area (Å²) in [6.07, 6.45) is 4.31. The number of carbonyl (C=O) groups is 1. The summed E-state index contributed by atoms with van der Waals surface area (Å²) in [6, 6.07) is 7.58. The summed E-state index contributed by atoms with van der Waals surface area (Å²) >= 11 is 7.73. The van der Waals surface area contributed by atoms with Crippen molar-refractivity contribution in [2.75, 3.05) is 13.4 Å². The molecular formula is C17H18ClNO3S. The van der Waals surface area contributed by atoms with Crippen LogP contribution in [0.1, 0.15) is 29.4 Å². The van der Waals surface area contributed by atoms with Gasteiger partial charge in [-0.3, -0.25) is 4.79 Å². The molecule has 2 atom stereocenters. The van der Waals surface area contributed by atoms with Crippen molar-refractivity contribution in [3.8, 4) is 11.3 Å². The minimum Gasteiger partial charge on any atom is -0.469 e. The molecule has 0 N–H and O–H groups in total. The van der Waals surface area contributed by atoms with Gasteiger partial charge in [-0.1, -0.05) is 28.9 Å². The van der Waals surface area contributed by atoms with Crippen LogP contribution in [0.4, 0.5) is 0 Å². The average molecular weight is 352 g/mol. The Balaban J connectivity index is 2.01. The van der Waals surface area contributed by atoms with Crippen molar-refractivity contribution >= 4 is 29.3 Å². The fourth-order valence-corrected chi connectivity index (χ4v) is 4.03. The van der Waals surface area contributed by atoms with Crippen molar-refractivity contribution in [3.05, 3.63) is 40.6 Å². The second-order valence-corrected chi connectivity index (χ2v) is 7.08. The van der Waals surface area contributed by atoms with Crippen molar-refractivity contribution in [2.45, 2.75) is 24.5 Å². The molecule has 1 aliphatic rings. The Hall–Kier alpha value is -1.46. The molecule has 0 bridgehead atoms. The highest BCUT2D eigenvalue weighted by atomic mass is 35.5. The number of ether oxygens (including phenoxy) is 1. The highest BCUT2D eigenvalue weighted by molar-refractivity contribution is 7.98. The first-order chi connectivity index (χ1) is 11.1. The number of benzene rings is 1. The SMILES string of the molecule is COC(=O)[C@@H]1CC[C@@H](SC)c2c(-c3ccc(Cl)cc3)noc2C1. The van der Waals surface area contributed by atoms with E-state index in [9.17, 15) is 4.79 Å². The fraction of sp³-hybridized carbons (Fsp3) is 0.412. The van der Waals surface area contributed by atoms with E-state index in [1.54, 1.807) is 11.8 Å². The van der Waals surface area contributed by atoms with Crippen LogP contribution in [-0.4, -0.2) is 24.5 Å². The Kier molecular flexibility index (Phi) is 4.97. The molecule has 1 aromatic heterocycles.